The lowest BCUT2D eigenvalue weighted by atomic mass is 10.1. The monoisotopic (exact) mass is 331 g/mol. The molecule has 0 unspecified atom stereocenters. The van der Waals surface area contributed by atoms with Crippen LogP contribution < -0.4 is 0 Å². The third-order valence-electron chi connectivity index (χ3n) is 4.31. The highest BCUT2D eigenvalue weighted by atomic mass is 19.1. The molecule has 2 heterocycles. The van der Waals surface area contributed by atoms with Crippen LogP contribution in [0.15, 0.2) is 79.4 Å². The van der Waals surface area contributed by atoms with Gasteiger partial charge in [-0.25, -0.2) is 9.37 Å². The van der Waals surface area contributed by atoms with Crippen molar-refractivity contribution in [2.45, 2.75) is 13.0 Å². The quantitative estimate of drug-likeness (QED) is 0.553. The number of aryl methyl sites for hydroxylation is 2. The van der Waals surface area contributed by atoms with E-state index in [1.165, 1.54) is 17.7 Å². The van der Waals surface area contributed by atoms with E-state index in [9.17, 15) is 4.39 Å². The molecule has 2 aromatic heterocycles. The van der Waals surface area contributed by atoms with Gasteiger partial charge in [0, 0.05) is 30.1 Å². The fraction of sp³-hybridized carbons (Fsp3) is 0.0952. The number of hydrogen-bond donors (Lipinski definition) is 1. The number of halogens is 1. The van der Waals surface area contributed by atoms with Crippen LogP contribution in [0.2, 0.25) is 0 Å². The first kappa shape index (κ1) is 15.4. The van der Waals surface area contributed by atoms with Gasteiger partial charge in [0.25, 0.3) is 0 Å². The normalized spacial score (nSPS) is 10.9. The minimum absolute atomic E-state index is 0.240. The Kier molecular flexibility index (Phi) is 4.17. The minimum Gasteiger partial charge on any atom is -0.367 e. The second kappa shape index (κ2) is 6.77. The lowest BCUT2D eigenvalue weighted by Gasteiger charge is -2.09. The number of imidazole rings is 1. The highest BCUT2D eigenvalue weighted by molar-refractivity contribution is 5.78. The van der Waals surface area contributed by atoms with Crippen molar-refractivity contribution < 1.29 is 4.39 Å². The van der Waals surface area contributed by atoms with Gasteiger partial charge in [-0.3, -0.25) is 0 Å². The van der Waals surface area contributed by atoms with E-state index in [1.807, 2.05) is 30.9 Å². The van der Waals surface area contributed by atoms with Crippen molar-refractivity contribution in [2.24, 2.45) is 0 Å². The van der Waals surface area contributed by atoms with Crippen molar-refractivity contribution in [2.75, 3.05) is 0 Å². The highest BCUT2D eigenvalue weighted by Gasteiger charge is 2.15. The maximum Gasteiger partial charge on any atom is 0.123 e. The molecule has 0 aliphatic rings. The van der Waals surface area contributed by atoms with Gasteiger partial charge in [-0.05, 0) is 42.3 Å². The molecule has 4 rings (SSSR count). The Hall–Kier alpha value is -3.14. The molecule has 0 amide bonds. The maximum absolute atomic E-state index is 13.3. The van der Waals surface area contributed by atoms with E-state index in [4.69, 9.17) is 0 Å². The molecule has 4 aromatic rings. The van der Waals surface area contributed by atoms with E-state index in [-0.39, 0.29) is 5.82 Å². The maximum atomic E-state index is 13.3. The number of aromatic nitrogens is 3. The summed E-state index contributed by atoms with van der Waals surface area (Å²) in [6.45, 7) is 0.832. The predicted octanol–water partition coefficient (Wildman–Crippen LogP) is 4.93. The van der Waals surface area contributed by atoms with Crippen molar-refractivity contribution in [3.05, 3.63) is 90.8 Å². The molecule has 0 radical (unpaired) electrons. The summed E-state index contributed by atoms with van der Waals surface area (Å²) >= 11 is 0. The smallest absolute Gasteiger partial charge is 0.123 e. The molecule has 0 bridgehead atoms. The summed E-state index contributed by atoms with van der Waals surface area (Å²) in [5, 5.41) is 0. The molecule has 0 atom stereocenters. The summed E-state index contributed by atoms with van der Waals surface area (Å²) in [4.78, 5) is 7.72. The van der Waals surface area contributed by atoms with Gasteiger partial charge in [-0.2, -0.15) is 0 Å². The summed E-state index contributed by atoms with van der Waals surface area (Å²) in [5.41, 5.74) is 5.19. The zero-order chi connectivity index (χ0) is 17.1. The number of H-pyrrole nitrogens is 1. The molecule has 0 fully saturated rings. The topological polar surface area (TPSA) is 33.6 Å². The number of rotatable bonds is 5. The Labute approximate surface area is 145 Å². The Balaban J connectivity index is 1.71. The molecule has 3 nitrogen and oxygen atoms in total. The molecule has 124 valence electrons. The summed E-state index contributed by atoms with van der Waals surface area (Å²) in [6.07, 6.45) is 6.66. The Bertz CT molecular complexity index is 939. The van der Waals surface area contributed by atoms with E-state index < -0.39 is 0 Å². The third kappa shape index (κ3) is 3.24. The van der Waals surface area contributed by atoms with Crippen LogP contribution in [0.5, 0.6) is 0 Å². The number of nitrogens with one attached hydrogen (secondary N) is 1. The van der Waals surface area contributed by atoms with Gasteiger partial charge < -0.3 is 9.55 Å². The van der Waals surface area contributed by atoms with Crippen molar-refractivity contribution in [1.29, 1.82) is 0 Å². The van der Waals surface area contributed by atoms with Crippen LogP contribution >= 0.6 is 0 Å². The number of nitrogens with zero attached hydrogens (tertiary/aromatic N) is 2. The van der Waals surface area contributed by atoms with E-state index in [2.05, 4.69) is 38.8 Å². The molecule has 25 heavy (non-hydrogen) atoms. The van der Waals surface area contributed by atoms with Crippen LogP contribution in [0.25, 0.3) is 22.5 Å². The van der Waals surface area contributed by atoms with Gasteiger partial charge >= 0.3 is 0 Å². The molecule has 0 saturated heterocycles. The van der Waals surface area contributed by atoms with Crippen molar-refractivity contribution in [3.63, 3.8) is 0 Å². The number of hydrogen-bond acceptors (Lipinski definition) is 1. The van der Waals surface area contributed by atoms with Gasteiger partial charge in [-0.15, -0.1) is 0 Å². The number of aromatic amines is 1. The molecule has 0 saturated carbocycles. The van der Waals surface area contributed by atoms with Gasteiger partial charge in [0.1, 0.15) is 5.82 Å². The lowest BCUT2D eigenvalue weighted by Crippen LogP contribution is -2.02. The van der Waals surface area contributed by atoms with Crippen molar-refractivity contribution in [3.8, 4) is 22.5 Å². The zero-order valence-electron chi connectivity index (χ0n) is 13.7. The van der Waals surface area contributed by atoms with Crippen LogP contribution in [-0.4, -0.2) is 14.5 Å². The first-order valence-electron chi connectivity index (χ1n) is 8.29. The van der Waals surface area contributed by atoms with Crippen molar-refractivity contribution >= 4 is 0 Å². The standard InChI is InChI=1S/C21H18FN3/c22-19-8-6-17(7-9-19)20-21(18-10-12-23-14-18)25(15-24-20)13-11-16-4-2-1-3-5-16/h1-10,12,14-15,23H,11,13H2. The highest BCUT2D eigenvalue weighted by Crippen LogP contribution is 2.31. The van der Waals surface area contributed by atoms with Crippen molar-refractivity contribution in [1.82, 2.24) is 14.5 Å². The summed E-state index contributed by atoms with van der Waals surface area (Å²) in [7, 11) is 0. The largest absolute Gasteiger partial charge is 0.367 e. The molecule has 0 aliphatic carbocycles. The second-order valence-corrected chi connectivity index (χ2v) is 5.98. The van der Waals surface area contributed by atoms with Gasteiger partial charge in [0.2, 0.25) is 0 Å². The van der Waals surface area contributed by atoms with E-state index >= 15 is 0 Å². The third-order valence-corrected chi connectivity index (χ3v) is 4.31. The molecular weight excluding hydrogens is 313 g/mol. The Morgan fingerprint density at radius 1 is 0.920 bits per heavy atom. The Morgan fingerprint density at radius 2 is 1.72 bits per heavy atom. The fourth-order valence-corrected chi connectivity index (χ4v) is 3.04. The molecular formula is C21H18FN3. The summed E-state index contributed by atoms with van der Waals surface area (Å²) in [6, 6.07) is 18.9. The predicted molar refractivity (Wildman–Crippen MR) is 97.6 cm³/mol. The first-order valence-corrected chi connectivity index (χ1v) is 8.29. The van der Waals surface area contributed by atoms with Gasteiger partial charge in [-0.1, -0.05) is 30.3 Å². The van der Waals surface area contributed by atoms with Crippen LogP contribution in [0.1, 0.15) is 5.56 Å². The van der Waals surface area contributed by atoms with Crippen LogP contribution in [0.4, 0.5) is 4.39 Å². The lowest BCUT2D eigenvalue weighted by molar-refractivity contribution is 0.628. The van der Waals surface area contributed by atoms with Gasteiger partial charge in [0.05, 0.1) is 17.7 Å². The SMILES string of the molecule is Fc1ccc(-c2ncn(CCc3ccccc3)c2-c2cc[nH]c2)cc1. The zero-order valence-corrected chi connectivity index (χ0v) is 13.7. The minimum atomic E-state index is -0.240. The summed E-state index contributed by atoms with van der Waals surface area (Å²) < 4.78 is 15.4. The van der Waals surface area contributed by atoms with Crippen LogP contribution in [-0.2, 0) is 13.0 Å². The molecule has 4 heteroatoms. The molecule has 0 aliphatic heterocycles. The number of benzene rings is 2. The van der Waals surface area contributed by atoms with Gasteiger partial charge in [0.15, 0.2) is 0 Å². The molecule has 1 N–H and O–H groups in total. The van der Waals surface area contributed by atoms with E-state index in [1.54, 1.807) is 12.1 Å². The van der Waals surface area contributed by atoms with E-state index in [0.717, 1.165) is 35.5 Å². The molecule has 2 aromatic carbocycles. The average Bonchev–Trinajstić information content (AvgIpc) is 3.31. The summed E-state index contributed by atoms with van der Waals surface area (Å²) in [5.74, 6) is -0.240. The fourth-order valence-electron chi connectivity index (χ4n) is 3.04. The Morgan fingerprint density at radius 3 is 2.44 bits per heavy atom. The molecule has 0 spiro atoms. The van der Waals surface area contributed by atoms with Crippen LogP contribution in [0, 0.1) is 5.82 Å². The first-order chi connectivity index (χ1) is 12.3. The van der Waals surface area contributed by atoms with Crippen LogP contribution in [0.3, 0.4) is 0 Å². The second-order valence-electron chi connectivity index (χ2n) is 5.98. The average molecular weight is 331 g/mol. The van der Waals surface area contributed by atoms with E-state index in [0.29, 0.717) is 0 Å².